The highest BCUT2D eigenvalue weighted by atomic mass is 16.1. The zero-order chi connectivity index (χ0) is 12.3. The Kier molecular flexibility index (Phi) is 2.91. The molecule has 0 aliphatic rings. The number of pyridine rings is 1. The van der Waals surface area contributed by atoms with Crippen LogP contribution in [0.25, 0.3) is 0 Å². The molecule has 0 spiro atoms. The Morgan fingerprint density at radius 1 is 1.06 bits per heavy atom. The van der Waals surface area contributed by atoms with Crippen LogP contribution in [0.4, 0.5) is 17.1 Å². The molecule has 1 aromatic heterocycles. The second kappa shape index (κ2) is 4.52. The zero-order valence-electron chi connectivity index (χ0n) is 9.05. The highest BCUT2D eigenvalue weighted by molar-refractivity contribution is 6.05. The largest absolute Gasteiger partial charge is 0.397 e. The lowest BCUT2D eigenvalue weighted by Gasteiger charge is -2.06. The Morgan fingerprint density at radius 3 is 2.41 bits per heavy atom. The monoisotopic (exact) mass is 228 g/mol. The van der Waals surface area contributed by atoms with Crippen molar-refractivity contribution in [3.8, 4) is 0 Å². The summed E-state index contributed by atoms with van der Waals surface area (Å²) in [5.41, 5.74) is 13.2. The molecule has 1 amide bonds. The summed E-state index contributed by atoms with van der Waals surface area (Å²) in [6.45, 7) is 0. The van der Waals surface area contributed by atoms with Gasteiger partial charge in [0.05, 0.1) is 11.4 Å². The van der Waals surface area contributed by atoms with Gasteiger partial charge in [-0.3, -0.25) is 9.78 Å². The molecule has 0 saturated carbocycles. The second-order valence-corrected chi connectivity index (χ2v) is 3.53. The molecule has 1 heterocycles. The minimum Gasteiger partial charge on any atom is -0.397 e. The van der Waals surface area contributed by atoms with Crippen molar-refractivity contribution in [1.82, 2.24) is 4.98 Å². The Morgan fingerprint density at radius 2 is 1.76 bits per heavy atom. The number of nitrogens with one attached hydrogen (secondary N) is 1. The molecule has 0 unspecified atom stereocenters. The number of nitrogens with zero attached hydrogens (tertiary/aromatic N) is 1. The predicted molar refractivity (Wildman–Crippen MR) is 67.5 cm³/mol. The summed E-state index contributed by atoms with van der Waals surface area (Å²) in [6.07, 6.45) is 3.21. The van der Waals surface area contributed by atoms with E-state index in [-0.39, 0.29) is 5.91 Å². The fourth-order valence-electron chi connectivity index (χ4n) is 1.35. The minimum atomic E-state index is -0.233. The number of carbonyl (C=O) groups excluding carboxylic acids is 1. The van der Waals surface area contributed by atoms with Crippen molar-refractivity contribution in [3.63, 3.8) is 0 Å². The Labute approximate surface area is 98.5 Å². The highest BCUT2D eigenvalue weighted by Gasteiger charge is 2.07. The molecule has 0 bridgehead atoms. The minimum absolute atomic E-state index is 0.233. The molecule has 0 saturated heterocycles. The van der Waals surface area contributed by atoms with Crippen molar-refractivity contribution in [3.05, 3.63) is 48.3 Å². The van der Waals surface area contributed by atoms with E-state index in [2.05, 4.69) is 10.3 Å². The van der Waals surface area contributed by atoms with Crippen LogP contribution in [0.15, 0.2) is 42.7 Å². The van der Waals surface area contributed by atoms with Gasteiger partial charge in [0, 0.05) is 23.6 Å². The normalized spacial score (nSPS) is 9.88. The van der Waals surface area contributed by atoms with E-state index < -0.39 is 0 Å². The summed E-state index contributed by atoms with van der Waals surface area (Å²) in [5, 5.41) is 2.73. The Bertz CT molecular complexity index is 539. The van der Waals surface area contributed by atoms with Gasteiger partial charge in [-0.1, -0.05) is 0 Å². The van der Waals surface area contributed by atoms with E-state index >= 15 is 0 Å². The summed E-state index contributed by atoms with van der Waals surface area (Å²) in [7, 11) is 0. The van der Waals surface area contributed by atoms with Crippen LogP contribution in [0.1, 0.15) is 10.4 Å². The van der Waals surface area contributed by atoms with Crippen molar-refractivity contribution in [2.24, 2.45) is 0 Å². The maximum atomic E-state index is 11.8. The van der Waals surface area contributed by atoms with Crippen LogP contribution in [0, 0.1) is 0 Å². The molecular formula is C12H12N4O. The van der Waals surface area contributed by atoms with Crippen molar-refractivity contribution in [2.45, 2.75) is 0 Å². The quantitative estimate of drug-likeness (QED) is 0.679. The summed E-state index contributed by atoms with van der Waals surface area (Å²) in [4.78, 5) is 15.7. The van der Waals surface area contributed by atoms with Gasteiger partial charge in [-0.2, -0.15) is 0 Å². The van der Waals surface area contributed by atoms with Crippen molar-refractivity contribution in [2.75, 3.05) is 16.8 Å². The van der Waals surface area contributed by atoms with Gasteiger partial charge in [-0.05, 0) is 30.3 Å². The predicted octanol–water partition coefficient (Wildman–Crippen LogP) is 1.50. The number of hydrogen-bond acceptors (Lipinski definition) is 4. The summed E-state index contributed by atoms with van der Waals surface area (Å²) >= 11 is 0. The number of anilines is 3. The number of nitrogens with two attached hydrogens (primary N) is 2. The van der Waals surface area contributed by atoms with Gasteiger partial charge in [0.1, 0.15) is 0 Å². The topological polar surface area (TPSA) is 94.0 Å². The molecule has 0 aliphatic heterocycles. The standard InChI is InChI=1S/C12H12N4O/c13-10-2-1-8(7-11(10)14)12(17)16-9-3-5-15-6-4-9/h1-7H,13-14H2,(H,15,16,17). The van der Waals surface area contributed by atoms with Gasteiger partial charge < -0.3 is 16.8 Å². The number of hydrogen-bond donors (Lipinski definition) is 3. The summed E-state index contributed by atoms with van der Waals surface area (Å²) in [5.74, 6) is -0.233. The lowest BCUT2D eigenvalue weighted by atomic mass is 10.1. The number of amides is 1. The molecule has 1 aromatic carbocycles. The summed E-state index contributed by atoms with van der Waals surface area (Å²) < 4.78 is 0. The van der Waals surface area contributed by atoms with Gasteiger partial charge in [0.25, 0.3) is 5.91 Å². The highest BCUT2D eigenvalue weighted by Crippen LogP contribution is 2.17. The van der Waals surface area contributed by atoms with Crippen LogP contribution in [0.5, 0.6) is 0 Å². The van der Waals surface area contributed by atoms with Crippen LogP contribution in [-0.4, -0.2) is 10.9 Å². The SMILES string of the molecule is Nc1ccc(C(=O)Nc2ccncc2)cc1N. The molecule has 2 rings (SSSR count). The van der Waals surface area contributed by atoms with Crippen LogP contribution in [-0.2, 0) is 0 Å². The van der Waals surface area contributed by atoms with E-state index in [1.807, 2.05) is 0 Å². The van der Waals surface area contributed by atoms with Crippen LogP contribution in [0.2, 0.25) is 0 Å². The van der Waals surface area contributed by atoms with E-state index in [9.17, 15) is 4.79 Å². The maximum absolute atomic E-state index is 11.8. The van der Waals surface area contributed by atoms with E-state index in [0.29, 0.717) is 22.6 Å². The molecule has 0 aliphatic carbocycles. The van der Waals surface area contributed by atoms with Crippen molar-refractivity contribution in [1.29, 1.82) is 0 Å². The third kappa shape index (κ3) is 2.52. The van der Waals surface area contributed by atoms with Crippen molar-refractivity contribution < 1.29 is 4.79 Å². The molecule has 17 heavy (non-hydrogen) atoms. The number of carbonyl (C=O) groups is 1. The number of benzene rings is 1. The molecule has 5 N–H and O–H groups in total. The van der Waals surface area contributed by atoms with E-state index in [0.717, 1.165) is 0 Å². The smallest absolute Gasteiger partial charge is 0.255 e. The average Bonchev–Trinajstić information content (AvgIpc) is 2.34. The van der Waals surface area contributed by atoms with Crippen molar-refractivity contribution >= 4 is 23.0 Å². The van der Waals surface area contributed by atoms with Gasteiger partial charge in [-0.25, -0.2) is 0 Å². The van der Waals surface area contributed by atoms with E-state index in [1.54, 1.807) is 42.7 Å². The number of rotatable bonds is 2. The van der Waals surface area contributed by atoms with E-state index in [4.69, 9.17) is 11.5 Å². The maximum Gasteiger partial charge on any atom is 0.255 e. The average molecular weight is 228 g/mol. The molecule has 5 heteroatoms. The molecular weight excluding hydrogens is 216 g/mol. The molecule has 0 atom stereocenters. The molecule has 86 valence electrons. The fraction of sp³-hybridized carbons (Fsp3) is 0. The molecule has 5 nitrogen and oxygen atoms in total. The lowest BCUT2D eigenvalue weighted by Crippen LogP contribution is -2.12. The first-order chi connectivity index (χ1) is 8.16. The van der Waals surface area contributed by atoms with E-state index in [1.165, 1.54) is 0 Å². The third-order valence-corrected chi connectivity index (χ3v) is 2.29. The summed E-state index contributed by atoms with van der Waals surface area (Å²) in [6, 6.07) is 8.20. The first-order valence-electron chi connectivity index (χ1n) is 5.03. The first-order valence-corrected chi connectivity index (χ1v) is 5.03. The van der Waals surface area contributed by atoms with Gasteiger partial charge in [-0.15, -0.1) is 0 Å². The molecule has 2 aromatic rings. The third-order valence-electron chi connectivity index (χ3n) is 2.29. The van der Waals surface area contributed by atoms with Crippen LogP contribution in [0.3, 0.4) is 0 Å². The molecule has 0 fully saturated rings. The number of aromatic nitrogens is 1. The lowest BCUT2D eigenvalue weighted by molar-refractivity contribution is 0.102. The molecule has 0 radical (unpaired) electrons. The zero-order valence-corrected chi connectivity index (χ0v) is 9.05. The fourth-order valence-corrected chi connectivity index (χ4v) is 1.35. The van der Waals surface area contributed by atoms with Gasteiger partial charge in [0.15, 0.2) is 0 Å². The first kappa shape index (κ1) is 10.9. The Balaban J connectivity index is 2.18. The van der Waals surface area contributed by atoms with Crippen LogP contribution >= 0.6 is 0 Å². The number of nitrogen functional groups attached to an aromatic ring is 2. The second-order valence-electron chi connectivity index (χ2n) is 3.53. The van der Waals surface area contributed by atoms with Gasteiger partial charge in [0.2, 0.25) is 0 Å². The van der Waals surface area contributed by atoms with Crippen LogP contribution < -0.4 is 16.8 Å². The van der Waals surface area contributed by atoms with Gasteiger partial charge >= 0.3 is 0 Å². The Hall–Kier alpha value is -2.56.